The maximum Gasteiger partial charge on any atom is 0.410 e. The van der Waals surface area contributed by atoms with Crippen LogP contribution in [0.1, 0.15) is 63.1 Å². The van der Waals surface area contributed by atoms with Crippen LogP contribution in [0.15, 0.2) is 47.4 Å². The number of aromatic nitrogens is 1. The van der Waals surface area contributed by atoms with Crippen LogP contribution in [0, 0.1) is 0 Å². The highest BCUT2D eigenvalue weighted by molar-refractivity contribution is 5.70. The second-order valence-electron chi connectivity index (χ2n) is 9.08. The Hall–Kier alpha value is -2.60. The summed E-state index contributed by atoms with van der Waals surface area (Å²) in [6, 6.07) is 12.0. The molecule has 1 aromatic carbocycles. The first kappa shape index (κ1) is 19.4. The van der Waals surface area contributed by atoms with Gasteiger partial charge in [0, 0.05) is 37.7 Å². The Morgan fingerprint density at radius 1 is 1.07 bits per heavy atom. The predicted octanol–water partition coefficient (Wildman–Crippen LogP) is 4.04. The summed E-state index contributed by atoms with van der Waals surface area (Å²) in [5, 5.41) is 9.84. The lowest BCUT2D eigenvalue weighted by molar-refractivity contribution is -0.0572. The number of amides is 1. The lowest BCUT2D eigenvalue weighted by Gasteiger charge is -2.41. The third-order valence-electron chi connectivity index (χ3n) is 6.97. The number of aliphatic hydroxyl groups is 1. The lowest BCUT2D eigenvalue weighted by atomic mass is 9.94. The second kappa shape index (κ2) is 7.27. The highest BCUT2D eigenvalue weighted by Crippen LogP contribution is 2.41. The van der Waals surface area contributed by atoms with Gasteiger partial charge in [-0.1, -0.05) is 24.3 Å². The molecule has 1 amide bonds. The van der Waals surface area contributed by atoms with E-state index in [2.05, 4.69) is 0 Å². The van der Waals surface area contributed by atoms with Crippen molar-refractivity contribution in [3.63, 3.8) is 0 Å². The van der Waals surface area contributed by atoms with Crippen molar-refractivity contribution in [1.82, 2.24) is 9.47 Å². The average molecular weight is 408 g/mol. The number of aliphatic hydroxyl groups excluding tert-OH is 1. The minimum atomic E-state index is -0.475. The zero-order valence-electron chi connectivity index (χ0n) is 17.3. The van der Waals surface area contributed by atoms with Gasteiger partial charge in [-0.25, -0.2) is 4.79 Å². The van der Waals surface area contributed by atoms with Gasteiger partial charge in [-0.15, -0.1) is 0 Å². The number of benzene rings is 1. The van der Waals surface area contributed by atoms with E-state index < -0.39 is 5.60 Å². The highest BCUT2D eigenvalue weighted by Gasteiger charge is 2.46. The van der Waals surface area contributed by atoms with Gasteiger partial charge in [0.25, 0.3) is 5.56 Å². The number of hydrogen-bond acceptors (Lipinski definition) is 4. The van der Waals surface area contributed by atoms with Crippen LogP contribution in [0.25, 0.3) is 11.1 Å². The molecule has 1 aliphatic heterocycles. The zero-order chi connectivity index (χ0) is 20.9. The predicted molar refractivity (Wildman–Crippen MR) is 113 cm³/mol. The summed E-state index contributed by atoms with van der Waals surface area (Å²) in [6.07, 6.45) is 6.18. The van der Waals surface area contributed by atoms with E-state index in [-0.39, 0.29) is 23.8 Å². The monoisotopic (exact) mass is 408 g/mol. The quantitative estimate of drug-likeness (QED) is 0.829. The number of rotatable bonds is 4. The summed E-state index contributed by atoms with van der Waals surface area (Å²) < 4.78 is 7.61. The molecule has 30 heavy (non-hydrogen) atoms. The maximum atomic E-state index is 12.7. The van der Waals surface area contributed by atoms with Crippen LogP contribution in [0.4, 0.5) is 4.79 Å². The molecule has 2 aliphatic carbocycles. The first-order valence-corrected chi connectivity index (χ1v) is 10.9. The van der Waals surface area contributed by atoms with Crippen molar-refractivity contribution in [3.05, 3.63) is 58.5 Å². The summed E-state index contributed by atoms with van der Waals surface area (Å²) in [7, 11) is 0. The van der Waals surface area contributed by atoms with E-state index in [9.17, 15) is 14.7 Å². The number of carbonyl (C=O) groups is 1. The molecule has 1 saturated heterocycles. The fourth-order valence-corrected chi connectivity index (χ4v) is 4.90. The van der Waals surface area contributed by atoms with Crippen molar-refractivity contribution >= 4 is 6.09 Å². The van der Waals surface area contributed by atoms with E-state index in [0.717, 1.165) is 42.4 Å². The minimum Gasteiger partial charge on any atom is -0.443 e. The largest absolute Gasteiger partial charge is 0.443 e. The third-order valence-corrected chi connectivity index (χ3v) is 6.97. The Morgan fingerprint density at radius 3 is 2.43 bits per heavy atom. The van der Waals surface area contributed by atoms with Gasteiger partial charge in [0.15, 0.2) is 0 Å². The van der Waals surface area contributed by atoms with Gasteiger partial charge >= 0.3 is 6.09 Å². The molecule has 2 saturated carbocycles. The van der Waals surface area contributed by atoms with Gasteiger partial charge in [-0.3, -0.25) is 4.79 Å². The van der Waals surface area contributed by atoms with Crippen LogP contribution in [0.5, 0.6) is 0 Å². The van der Waals surface area contributed by atoms with Crippen molar-refractivity contribution in [2.75, 3.05) is 6.54 Å². The highest BCUT2D eigenvalue weighted by atomic mass is 16.6. The minimum absolute atomic E-state index is 0.0504. The number of ether oxygens (including phenoxy) is 1. The molecule has 158 valence electrons. The molecule has 3 fully saturated rings. The van der Waals surface area contributed by atoms with E-state index in [1.54, 1.807) is 11.0 Å². The fraction of sp³-hybridized carbons (Fsp3) is 0.500. The van der Waals surface area contributed by atoms with Crippen LogP contribution in [-0.4, -0.2) is 38.9 Å². The summed E-state index contributed by atoms with van der Waals surface area (Å²) in [5.74, 6) is 0. The molecule has 6 heteroatoms. The Kier molecular flexibility index (Phi) is 4.69. The average Bonchev–Trinajstić information content (AvgIpc) is 3.51. The van der Waals surface area contributed by atoms with Crippen molar-refractivity contribution < 1.29 is 14.6 Å². The van der Waals surface area contributed by atoms with E-state index in [0.29, 0.717) is 25.4 Å². The van der Waals surface area contributed by atoms with Crippen LogP contribution < -0.4 is 5.56 Å². The maximum absolute atomic E-state index is 12.7. The molecular weight excluding hydrogens is 380 g/mol. The van der Waals surface area contributed by atoms with Gasteiger partial charge in [0.2, 0.25) is 0 Å². The normalized spacial score (nSPS) is 27.3. The smallest absolute Gasteiger partial charge is 0.410 e. The van der Waals surface area contributed by atoms with Crippen molar-refractivity contribution in [1.29, 1.82) is 0 Å². The molecule has 0 bridgehead atoms. The Labute approximate surface area is 176 Å². The van der Waals surface area contributed by atoms with Crippen LogP contribution in [0.2, 0.25) is 0 Å². The number of pyridine rings is 1. The summed E-state index contributed by atoms with van der Waals surface area (Å²) in [5.41, 5.74) is 2.51. The Morgan fingerprint density at radius 2 is 1.83 bits per heavy atom. The molecule has 1 spiro atoms. The summed E-state index contributed by atoms with van der Waals surface area (Å²) in [6.45, 7) is 2.64. The van der Waals surface area contributed by atoms with E-state index in [1.807, 2.05) is 48.0 Å². The van der Waals surface area contributed by atoms with Gasteiger partial charge in [-0.05, 0) is 55.4 Å². The Bertz CT molecular complexity index is 1010. The number of carbonyl (C=O) groups excluding carboxylic acids is 1. The molecule has 2 aromatic rings. The number of hydrogen-bond donors (Lipinski definition) is 1. The summed E-state index contributed by atoms with van der Waals surface area (Å²) in [4.78, 5) is 26.8. The summed E-state index contributed by atoms with van der Waals surface area (Å²) >= 11 is 0. The molecule has 3 unspecified atom stereocenters. The van der Waals surface area contributed by atoms with E-state index in [1.165, 1.54) is 0 Å². The van der Waals surface area contributed by atoms with Crippen molar-refractivity contribution in [2.45, 2.75) is 69.2 Å². The van der Waals surface area contributed by atoms with Crippen molar-refractivity contribution in [2.24, 2.45) is 0 Å². The van der Waals surface area contributed by atoms with E-state index in [4.69, 9.17) is 4.74 Å². The van der Waals surface area contributed by atoms with Gasteiger partial charge < -0.3 is 19.3 Å². The van der Waals surface area contributed by atoms with Gasteiger partial charge in [0.05, 0.1) is 12.1 Å². The number of nitrogens with zero attached hydrogens (tertiary/aromatic N) is 2. The molecule has 1 N–H and O–H groups in total. The first-order chi connectivity index (χ1) is 14.4. The molecule has 3 atom stereocenters. The standard InChI is InChI=1S/C24H28N2O4/c1-16(25-13-11-24(30-23(25)29)10-8-21(27)15-24)17-2-4-18(5-3-17)19-9-12-26(20-6-7-20)22(28)14-19/h2-5,9,12,14,16,20-21,27H,6-8,10-11,13,15H2,1H3. The van der Waals surface area contributed by atoms with Gasteiger partial charge in [0.1, 0.15) is 5.60 Å². The van der Waals surface area contributed by atoms with Gasteiger partial charge in [-0.2, -0.15) is 0 Å². The second-order valence-corrected chi connectivity index (χ2v) is 9.08. The topological polar surface area (TPSA) is 71.8 Å². The zero-order valence-corrected chi connectivity index (χ0v) is 17.3. The molecule has 5 rings (SSSR count). The van der Waals surface area contributed by atoms with Crippen molar-refractivity contribution in [3.8, 4) is 11.1 Å². The lowest BCUT2D eigenvalue weighted by Crippen LogP contribution is -2.49. The molecule has 2 heterocycles. The first-order valence-electron chi connectivity index (χ1n) is 10.9. The van der Waals surface area contributed by atoms with Crippen LogP contribution in [-0.2, 0) is 4.74 Å². The molecule has 0 radical (unpaired) electrons. The SMILES string of the molecule is CC(c1ccc(-c2ccn(C3CC3)c(=O)c2)cc1)N1CCC2(CCC(O)C2)OC1=O. The molecule has 1 aromatic heterocycles. The Balaban J connectivity index is 1.29. The molecular formula is C24H28N2O4. The molecule has 3 aliphatic rings. The van der Waals surface area contributed by atoms with E-state index >= 15 is 0 Å². The van der Waals surface area contributed by atoms with Crippen LogP contribution >= 0.6 is 0 Å². The van der Waals surface area contributed by atoms with Crippen LogP contribution in [0.3, 0.4) is 0 Å². The fourth-order valence-electron chi connectivity index (χ4n) is 4.90. The third kappa shape index (κ3) is 3.54. The molecule has 6 nitrogen and oxygen atoms in total.